The van der Waals surface area contributed by atoms with Gasteiger partial charge in [0.2, 0.25) is 0 Å². The molecule has 2 unspecified atom stereocenters. The highest BCUT2D eigenvalue weighted by atomic mass is 79.9. The van der Waals surface area contributed by atoms with E-state index in [1.54, 1.807) is 8.61 Å². The summed E-state index contributed by atoms with van der Waals surface area (Å²) in [6.45, 7) is 8.11. The Hall–Kier alpha value is -0.510. The summed E-state index contributed by atoms with van der Waals surface area (Å²) < 4.78 is 35.8. The summed E-state index contributed by atoms with van der Waals surface area (Å²) in [5.41, 5.74) is 1.23. The molecule has 3 rings (SSSR count). The van der Waals surface area contributed by atoms with Crippen molar-refractivity contribution in [1.29, 1.82) is 0 Å². The van der Waals surface area contributed by atoms with Gasteiger partial charge < -0.3 is 4.74 Å². The number of hydrogen-bond donors (Lipinski definition) is 0. The second-order valence-electron chi connectivity index (χ2n) is 6.85. The lowest BCUT2D eigenvalue weighted by Gasteiger charge is -2.40. The number of hydrogen-bond acceptors (Lipinski definition) is 4. The van der Waals surface area contributed by atoms with Gasteiger partial charge in [-0.2, -0.15) is 17.0 Å². The zero-order valence-electron chi connectivity index (χ0n) is 14.8. The van der Waals surface area contributed by atoms with Crippen LogP contribution in [0.3, 0.4) is 0 Å². The SMILES string of the molecule is CC1CN(S(=O)(=O)N2CCN(Cc3ccccc3Br)CC2)CC(C)O1. The molecule has 25 heavy (non-hydrogen) atoms. The molecule has 8 heteroatoms. The summed E-state index contributed by atoms with van der Waals surface area (Å²) in [4.78, 5) is 2.30. The van der Waals surface area contributed by atoms with E-state index in [1.165, 1.54) is 5.56 Å². The topological polar surface area (TPSA) is 53.1 Å². The van der Waals surface area contributed by atoms with Gasteiger partial charge in [-0.15, -0.1) is 0 Å². The molecule has 0 bridgehead atoms. The minimum atomic E-state index is -3.40. The Morgan fingerprint density at radius 1 is 1.04 bits per heavy atom. The molecular weight excluding hydrogens is 406 g/mol. The first-order valence-electron chi connectivity index (χ1n) is 8.72. The Labute approximate surface area is 159 Å². The summed E-state index contributed by atoms with van der Waals surface area (Å²) in [6, 6.07) is 8.17. The maximum atomic E-state index is 12.9. The number of ether oxygens (including phenoxy) is 1. The lowest BCUT2D eigenvalue weighted by molar-refractivity contribution is -0.0457. The first kappa shape index (κ1) is 19.3. The average Bonchev–Trinajstić information content (AvgIpc) is 2.56. The highest BCUT2D eigenvalue weighted by molar-refractivity contribution is 9.10. The van der Waals surface area contributed by atoms with Gasteiger partial charge in [0.25, 0.3) is 10.2 Å². The van der Waals surface area contributed by atoms with Crippen molar-refractivity contribution in [2.24, 2.45) is 0 Å². The number of morpholine rings is 1. The van der Waals surface area contributed by atoms with Gasteiger partial charge in [-0.1, -0.05) is 34.1 Å². The molecule has 140 valence electrons. The van der Waals surface area contributed by atoms with Crippen LogP contribution in [0.25, 0.3) is 0 Å². The maximum Gasteiger partial charge on any atom is 0.282 e. The van der Waals surface area contributed by atoms with E-state index in [0.717, 1.165) is 24.1 Å². The Bertz CT molecular complexity index is 682. The number of piperazine rings is 1. The summed E-state index contributed by atoms with van der Waals surface area (Å²) >= 11 is 3.58. The third-order valence-electron chi connectivity index (χ3n) is 4.72. The van der Waals surface area contributed by atoms with E-state index in [-0.39, 0.29) is 12.2 Å². The van der Waals surface area contributed by atoms with Crippen molar-refractivity contribution >= 4 is 26.1 Å². The van der Waals surface area contributed by atoms with E-state index in [9.17, 15) is 8.42 Å². The quantitative estimate of drug-likeness (QED) is 0.730. The average molecular weight is 432 g/mol. The van der Waals surface area contributed by atoms with Gasteiger partial charge in [0, 0.05) is 50.3 Å². The van der Waals surface area contributed by atoms with Crippen LogP contribution < -0.4 is 0 Å². The monoisotopic (exact) mass is 431 g/mol. The van der Waals surface area contributed by atoms with Crippen molar-refractivity contribution in [3.05, 3.63) is 34.3 Å². The van der Waals surface area contributed by atoms with Gasteiger partial charge in [-0.25, -0.2) is 0 Å². The number of benzene rings is 1. The molecule has 0 N–H and O–H groups in total. The zero-order valence-corrected chi connectivity index (χ0v) is 17.2. The maximum absolute atomic E-state index is 12.9. The highest BCUT2D eigenvalue weighted by Crippen LogP contribution is 2.21. The molecule has 0 radical (unpaired) electrons. The van der Waals surface area contributed by atoms with Crippen molar-refractivity contribution in [1.82, 2.24) is 13.5 Å². The summed E-state index contributed by atoms with van der Waals surface area (Å²) in [5, 5.41) is 0. The predicted molar refractivity (Wildman–Crippen MR) is 101 cm³/mol. The molecule has 2 heterocycles. The zero-order chi connectivity index (χ0) is 18.0. The normalized spacial score (nSPS) is 27.5. The molecule has 1 aromatic carbocycles. The Balaban J connectivity index is 1.59. The van der Waals surface area contributed by atoms with Crippen molar-refractivity contribution in [3.63, 3.8) is 0 Å². The van der Waals surface area contributed by atoms with Crippen LogP contribution >= 0.6 is 15.9 Å². The van der Waals surface area contributed by atoms with Crippen molar-refractivity contribution in [3.8, 4) is 0 Å². The fourth-order valence-corrected chi connectivity index (χ4v) is 5.63. The van der Waals surface area contributed by atoms with Crippen LogP contribution in [0.1, 0.15) is 19.4 Å². The molecule has 2 saturated heterocycles. The van der Waals surface area contributed by atoms with Crippen LogP contribution in [0.2, 0.25) is 0 Å². The Kier molecular flexibility index (Phi) is 6.18. The Morgan fingerprint density at radius 2 is 1.64 bits per heavy atom. The third-order valence-corrected chi connectivity index (χ3v) is 7.46. The van der Waals surface area contributed by atoms with E-state index < -0.39 is 10.2 Å². The van der Waals surface area contributed by atoms with Crippen LogP contribution in [0, 0.1) is 0 Å². The standard InChI is InChI=1S/C17H26BrN3O3S/c1-14-11-21(12-15(2)24-14)25(22,23)20-9-7-19(8-10-20)13-16-5-3-4-6-17(16)18/h3-6,14-15H,7-13H2,1-2H3. The molecule has 0 saturated carbocycles. The first-order valence-corrected chi connectivity index (χ1v) is 10.9. The summed E-state index contributed by atoms with van der Waals surface area (Å²) in [6.07, 6.45) is -0.120. The Morgan fingerprint density at radius 3 is 2.24 bits per heavy atom. The van der Waals surface area contributed by atoms with Gasteiger partial charge in [-0.05, 0) is 25.5 Å². The van der Waals surface area contributed by atoms with Crippen LogP contribution in [-0.2, 0) is 21.5 Å². The molecule has 2 aliphatic rings. The van der Waals surface area contributed by atoms with Crippen LogP contribution in [0.15, 0.2) is 28.7 Å². The fraction of sp³-hybridized carbons (Fsp3) is 0.647. The lowest BCUT2D eigenvalue weighted by Crippen LogP contribution is -2.57. The third kappa shape index (κ3) is 4.61. The number of halogens is 1. The van der Waals surface area contributed by atoms with Gasteiger partial charge in [-0.3, -0.25) is 4.90 Å². The van der Waals surface area contributed by atoms with Gasteiger partial charge in [0.1, 0.15) is 0 Å². The predicted octanol–water partition coefficient (Wildman–Crippen LogP) is 1.92. The summed E-state index contributed by atoms with van der Waals surface area (Å²) in [5.74, 6) is 0. The lowest BCUT2D eigenvalue weighted by atomic mass is 10.2. The van der Waals surface area contributed by atoms with Gasteiger partial charge in [0.15, 0.2) is 0 Å². The van der Waals surface area contributed by atoms with Crippen molar-refractivity contribution in [2.75, 3.05) is 39.3 Å². The second-order valence-corrected chi connectivity index (χ2v) is 9.63. The van der Waals surface area contributed by atoms with Gasteiger partial charge >= 0.3 is 0 Å². The van der Waals surface area contributed by atoms with E-state index in [2.05, 4.69) is 26.9 Å². The number of rotatable bonds is 4. The largest absolute Gasteiger partial charge is 0.373 e. The molecule has 0 aliphatic carbocycles. The molecule has 0 spiro atoms. The minimum Gasteiger partial charge on any atom is -0.373 e. The number of nitrogens with zero attached hydrogens (tertiary/aromatic N) is 3. The molecule has 0 amide bonds. The molecular formula is C17H26BrN3O3S. The molecule has 6 nitrogen and oxygen atoms in total. The van der Waals surface area contributed by atoms with Crippen LogP contribution in [0.5, 0.6) is 0 Å². The van der Waals surface area contributed by atoms with E-state index in [1.807, 2.05) is 32.0 Å². The smallest absolute Gasteiger partial charge is 0.282 e. The fourth-order valence-electron chi connectivity index (χ4n) is 3.47. The summed E-state index contributed by atoms with van der Waals surface area (Å²) in [7, 11) is -3.40. The highest BCUT2D eigenvalue weighted by Gasteiger charge is 2.36. The second kappa shape index (κ2) is 8.02. The van der Waals surface area contributed by atoms with E-state index in [0.29, 0.717) is 26.2 Å². The van der Waals surface area contributed by atoms with Gasteiger partial charge in [0.05, 0.1) is 12.2 Å². The minimum absolute atomic E-state index is 0.0600. The molecule has 1 aromatic rings. The van der Waals surface area contributed by atoms with Crippen LogP contribution in [0.4, 0.5) is 0 Å². The van der Waals surface area contributed by atoms with E-state index in [4.69, 9.17) is 4.74 Å². The van der Waals surface area contributed by atoms with Crippen LogP contribution in [-0.4, -0.2) is 73.4 Å². The molecule has 0 aromatic heterocycles. The first-order chi connectivity index (χ1) is 11.9. The van der Waals surface area contributed by atoms with Crippen molar-refractivity contribution < 1.29 is 13.2 Å². The molecule has 2 atom stereocenters. The van der Waals surface area contributed by atoms with Crippen molar-refractivity contribution in [2.45, 2.75) is 32.6 Å². The van der Waals surface area contributed by atoms with E-state index >= 15 is 0 Å². The molecule has 2 fully saturated rings. The molecule has 2 aliphatic heterocycles.